The van der Waals surface area contributed by atoms with Crippen LogP contribution in [0.4, 0.5) is 5.69 Å². The Bertz CT molecular complexity index is 646. The number of nitrogens with zero attached hydrogens (tertiary/aromatic N) is 1. The van der Waals surface area contributed by atoms with Crippen LogP contribution < -0.4 is 0 Å². The van der Waals surface area contributed by atoms with Gasteiger partial charge in [-0.05, 0) is 23.3 Å². The molecule has 0 spiro atoms. The van der Waals surface area contributed by atoms with Gasteiger partial charge in [0.05, 0.1) is 18.1 Å². The van der Waals surface area contributed by atoms with E-state index in [9.17, 15) is 10.1 Å². The van der Waals surface area contributed by atoms with Crippen LogP contribution in [0.2, 0.25) is 0 Å². The summed E-state index contributed by atoms with van der Waals surface area (Å²) in [6, 6.07) is 16.4. The molecule has 0 radical (unpaired) electrons. The van der Waals surface area contributed by atoms with Crippen molar-refractivity contribution in [1.82, 2.24) is 0 Å². The maximum atomic E-state index is 10.5. The highest BCUT2D eigenvalue weighted by molar-refractivity contribution is 5.53. The molecule has 0 saturated heterocycles. The molecule has 0 saturated carbocycles. The lowest BCUT2D eigenvalue weighted by Gasteiger charge is -2.00. The van der Waals surface area contributed by atoms with Gasteiger partial charge in [0.25, 0.3) is 5.69 Å². The monoisotopic (exact) mass is 295 g/mol. The molecular weight excluding hydrogens is 278 g/mol. The molecule has 2 rings (SSSR count). The molecule has 0 amide bonds. The Kier molecular flexibility index (Phi) is 6.08. The van der Waals surface area contributed by atoms with Gasteiger partial charge in [0, 0.05) is 12.1 Å². The minimum Gasteiger partial charge on any atom is -0.373 e. The number of nitro benzene ring substituents is 1. The Morgan fingerprint density at radius 2 is 1.73 bits per heavy atom. The fourth-order valence-electron chi connectivity index (χ4n) is 1.83. The number of non-ortho nitro benzene ring substituents is 1. The van der Waals surface area contributed by atoms with Crippen LogP contribution in [0.5, 0.6) is 0 Å². The Morgan fingerprint density at radius 3 is 2.41 bits per heavy atom. The topological polar surface area (TPSA) is 52.4 Å². The third-order valence-electron chi connectivity index (χ3n) is 2.97. The first kappa shape index (κ1) is 15.7. The molecule has 0 aliphatic carbocycles. The van der Waals surface area contributed by atoms with Gasteiger partial charge in [-0.2, -0.15) is 0 Å². The average molecular weight is 295 g/mol. The third kappa shape index (κ3) is 5.34. The lowest BCUT2D eigenvalue weighted by atomic mass is 10.2. The molecule has 0 unspecified atom stereocenters. The second-order valence-electron chi connectivity index (χ2n) is 4.64. The first-order valence-electron chi connectivity index (χ1n) is 6.95. The van der Waals surface area contributed by atoms with Crippen molar-refractivity contribution in [2.24, 2.45) is 0 Å². The Morgan fingerprint density at radius 1 is 1.00 bits per heavy atom. The fourth-order valence-corrected chi connectivity index (χ4v) is 1.83. The van der Waals surface area contributed by atoms with Gasteiger partial charge in [0.2, 0.25) is 0 Å². The number of hydrogen-bond acceptors (Lipinski definition) is 3. The molecule has 2 aromatic carbocycles. The summed E-state index contributed by atoms with van der Waals surface area (Å²) in [5, 5.41) is 10.5. The first-order valence-corrected chi connectivity index (χ1v) is 6.95. The number of benzene rings is 2. The summed E-state index contributed by atoms with van der Waals surface area (Å²) in [6.45, 7) is 1.14. The number of ether oxygens (including phenoxy) is 1. The second-order valence-corrected chi connectivity index (χ2v) is 4.64. The van der Waals surface area contributed by atoms with Crippen molar-refractivity contribution in [3.63, 3.8) is 0 Å². The molecule has 0 atom stereocenters. The molecular formula is C18H17NO3. The van der Waals surface area contributed by atoms with E-state index >= 15 is 0 Å². The highest BCUT2D eigenvalue weighted by Crippen LogP contribution is 2.12. The summed E-state index contributed by atoms with van der Waals surface area (Å²) in [5.41, 5.74) is 2.17. The summed E-state index contributed by atoms with van der Waals surface area (Å²) in [6.07, 6.45) is 7.59. The molecule has 0 aliphatic heterocycles. The lowest BCUT2D eigenvalue weighted by Crippen LogP contribution is -1.91. The summed E-state index contributed by atoms with van der Waals surface area (Å²) >= 11 is 0. The average Bonchev–Trinajstić information content (AvgIpc) is 2.55. The van der Waals surface area contributed by atoms with E-state index in [4.69, 9.17) is 4.74 Å². The van der Waals surface area contributed by atoms with Gasteiger partial charge in [-0.3, -0.25) is 10.1 Å². The van der Waals surface area contributed by atoms with Gasteiger partial charge in [0.1, 0.15) is 0 Å². The highest BCUT2D eigenvalue weighted by Gasteiger charge is 2.01. The van der Waals surface area contributed by atoms with Gasteiger partial charge in [-0.15, -0.1) is 0 Å². The van der Waals surface area contributed by atoms with E-state index in [1.54, 1.807) is 12.1 Å². The van der Waals surface area contributed by atoms with Crippen LogP contribution in [0.25, 0.3) is 6.08 Å². The summed E-state index contributed by atoms with van der Waals surface area (Å²) in [7, 11) is 0. The van der Waals surface area contributed by atoms with Gasteiger partial charge in [0.15, 0.2) is 0 Å². The zero-order chi connectivity index (χ0) is 15.6. The molecule has 22 heavy (non-hydrogen) atoms. The van der Waals surface area contributed by atoms with Crippen molar-refractivity contribution >= 4 is 11.8 Å². The SMILES string of the molecule is O=[N+]([O-])c1ccc(/C=C/C=C/COCc2ccccc2)cc1. The molecule has 2 aromatic rings. The maximum Gasteiger partial charge on any atom is 0.269 e. The first-order chi connectivity index (χ1) is 10.8. The number of rotatable bonds is 7. The van der Waals surface area contributed by atoms with Crippen molar-refractivity contribution in [2.75, 3.05) is 6.61 Å². The van der Waals surface area contributed by atoms with Crippen molar-refractivity contribution in [1.29, 1.82) is 0 Å². The molecule has 0 N–H and O–H groups in total. The zero-order valence-electron chi connectivity index (χ0n) is 12.1. The lowest BCUT2D eigenvalue weighted by molar-refractivity contribution is -0.384. The standard InChI is InChI=1S/C18H17NO3/c20-19(21)18-12-10-16(11-13-18)7-5-2-6-14-22-15-17-8-3-1-4-9-17/h1-13H,14-15H2/b6-2+,7-5+. The minimum atomic E-state index is -0.405. The molecule has 0 bridgehead atoms. The van der Waals surface area contributed by atoms with Gasteiger partial charge < -0.3 is 4.74 Å². The van der Waals surface area contributed by atoms with E-state index in [1.807, 2.05) is 54.6 Å². The van der Waals surface area contributed by atoms with Gasteiger partial charge >= 0.3 is 0 Å². The second kappa shape index (κ2) is 8.54. The Balaban J connectivity index is 1.71. The van der Waals surface area contributed by atoms with E-state index in [2.05, 4.69) is 0 Å². The van der Waals surface area contributed by atoms with Crippen LogP contribution in [0.15, 0.2) is 72.8 Å². The van der Waals surface area contributed by atoms with E-state index < -0.39 is 4.92 Å². The van der Waals surface area contributed by atoms with Crippen molar-refractivity contribution in [3.05, 3.63) is 94.1 Å². The minimum absolute atomic E-state index is 0.0991. The van der Waals surface area contributed by atoms with Crippen LogP contribution in [0.3, 0.4) is 0 Å². The van der Waals surface area contributed by atoms with Gasteiger partial charge in [-0.25, -0.2) is 0 Å². The van der Waals surface area contributed by atoms with E-state index in [0.29, 0.717) is 13.2 Å². The third-order valence-corrected chi connectivity index (χ3v) is 2.97. The predicted octanol–water partition coefficient (Wildman–Crippen LogP) is 4.38. The Hall–Kier alpha value is -2.72. The molecule has 0 heterocycles. The smallest absolute Gasteiger partial charge is 0.269 e. The molecule has 0 fully saturated rings. The van der Waals surface area contributed by atoms with Crippen LogP contribution in [-0.4, -0.2) is 11.5 Å². The predicted molar refractivity (Wildman–Crippen MR) is 87.4 cm³/mol. The quantitative estimate of drug-likeness (QED) is 0.329. The van der Waals surface area contributed by atoms with Gasteiger partial charge in [-0.1, -0.05) is 54.6 Å². The summed E-state index contributed by atoms with van der Waals surface area (Å²) in [5.74, 6) is 0. The zero-order valence-corrected chi connectivity index (χ0v) is 12.1. The maximum absolute atomic E-state index is 10.5. The molecule has 4 heteroatoms. The normalized spacial score (nSPS) is 11.3. The van der Waals surface area contributed by atoms with Crippen molar-refractivity contribution in [3.8, 4) is 0 Å². The molecule has 0 aliphatic rings. The van der Waals surface area contributed by atoms with E-state index in [-0.39, 0.29) is 5.69 Å². The number of nitro groups is 1. The van der Waals surface area contributed by atoms with Crippen LogP contribution in [0.1, 0.15) is 11.1 Å². The summed E-state index contributed by atoms with van der Waals surface area (Å²) < 4.78 is 5.52. The number of allylic oxidation sites excluding steroid dienone is 2. The fraction of sp³-hybridized carbons (Fsp3) is 0.111. The van der Waals surface area contributed by atoms with Crippen molar-refractivity contribution < 1.29 is 9.66 Å². The van der Waals surface area contributed by atoms with Crippen LogP contribution >= 0.6 is 0 Å². The highest BCUT2D eigenvalue weighted by atomic mass is 16.6. The van der Waals surface area contributed by atoms with Crippen molar-refractivity contribution in [2.45, 2.75) is 6.61 Å². The molecule has 0 aromatic heterocycles. The van der Waals surface area contributed by atoms with Crippen LogP contribution in [0, 0.1) is 10.1 Å². The van der Waals surface area contributed by atoms with E-state index in [0.717, 1.165) is 11.1 Å². The number of hydrogen-bond donors (Lipinski definition) is 0. The molecule has 4 nitrogen and oxygen atoms in total. The summed E-state index contributed by atoms with van der Waals surface area (Å²) in [4.78, 5) is 10.1. The largest absolute Gasteiger partial charge is 0.373 e. The Labute approximate surface area is 129 Å². The molecule has 112 valence electrons. The van der Waals surface area contributed by atoms with E-state index in [1.165, 1.54) is 12.1 Å². The van der Waals surface area contributed by atoms with Crippen LogP contribution in [-0.2, 0) is 11.3 Å².